The third-order valence-corrected chi connectivity index (χ3v) is 19.6. The van der Waals surface area contributed by atoms with Crippen molar-refractivity contribution in [3.8, 4) is 0 Å². The molecule has 6 fully saturated rings. The summed E-state index contributed by atoms with van der Waals surface area (Å²) in [6.45, 7) is 9.95. The topological polar surface area (TPSA) is 411 Å². The highest BCUT2D eigenvalue weighted by Gasteiger charge is 2.71. The molecular formula is C53H84O25. The van der Waals surface area contributed by atoms with Crippen LogP contribution in [0.2, 0.25) is 0 Å². The minimum absolute atomic E-state index is 0.0462. The van der Waals surface area contributed by atoms with Crippen LogP contribution in [0.1, 0.15) is 92.9 Å². The second kappa shape index (κ2) is 23.3. The van der Waals surface area contributed by atoms with Gasteiger partial charge in [0.05, 0.1) is 44.6 Å². The van der Waals surface area contributed by atoms with Crippen LogP contribution < -0.4 is 0 Å². The first-order valence-corrected chi connectivity index (χ1v) is 27.2. The number of allylic oxidation sites excluding steroid dienone is 2. The Morgan fingerprint density at radius 1 is 0.641 bits per heavy atom. The van der Waals surface area contributed by atoms with E-state index in [1.807, 2.05) is 40.7 Å². The van der Waals surface area contributed by atoms with Gasteiger partial charge in [0.1, 0.15) is 91.6 Å². The minimum atomic E-state index is -1.75. The third kappa shape index (κ3) is 10.9. The van der Waals surface area contributed by atoms with Crippen molar-refractivity contribution in [1.29, 1.82) is 0 Å². The van der Waals surface area contributed by atoms with Gasteiger partial charge in [0.2, 0.25) is 0 Å². The highest BCUT2D eigenvalue weighted by molar-refractivity contribution is 5.91. The van der Waals surface area contributed by atoms with Crippen LogP contribution in [0.3, 0.4) is 0 Å². The van der Waals surface area contributed by atoms with Crippen LogP contribution in [0.4, 0.5) is 0 Å². The van der Waals surface area contributed by atoms with Crippen LogP contribution in [0.25, 0.3) is 0 Å². The van der Waals surface area contributed by atoms with Gasteiger partial charge in [0, 0.05) is 11.5 Å². The standard InChI is InChI=1S/C53H84O25/c1-49(2,15-16-71-45-40(64)37(61)34(58)27(76-45)20-73-44-39(63)32(56)25(55)19-72-44)17-23-22(43(67)68)9-14-53(48(69)70)24(23)7-8-30-51(5)12-11-31(50(3,4)29(51)10-13-52(30,53)6)78-47-42(66)38(62)35(59)28(77-47)21-74-46-41(65)36(60)33(57)26(18-54)75-46/h7,9,23,25-42,44-47,54-66H,8,10-21H2,1-6H3,(H,67,68)(H,69,70)/t23-,25-,26-,27-,28-,29?,30?,31+,32+,33-,34-,35-,36+,37+,38+,39-,40-,41-,42-,44+,45-,46-,47+,51+,52-,53-/m1/s1. The molecule has 4 aliphatic carbocycles. The molecule has 0 aromatic heterocycles. The van der Waals surface area contributed by atoms with Crippen LogP contribution in [0.15, 0.2) is 23.3 Å². The van der Waals surface area contributed by atoms with E-state index in [-0.39, 0.29) is 49.9 Å². The molecule has 78 heavy (non-hydrogen) atoms. The summed E-state index contributed by atoms with van der Waals surface area (Å²) in [5.41, 5.74) is -3.60. The van der Waals surface area contributed by atoms with Gasteiger partial charge < -0.3 is 114 Å². The van der Waals surface area contributed by atoms with E-state index in [1.165, 1.54) is 0 Å². The number of aliphatic carboxylic acids is 2. The Balaban J connectivity index is 0.947. The predicted molar refractivity (Wildman–Crippen MR) is 263 cm³/mol. The molecule has 2 unspecified atom stereocenters. The molecule has 0 spiro atoms. The molecule has 4 saturated heterocycles. The molecule has 25 nitrogen and oxygen atoms in total. The summed E-state index contributed by atoms with van der Waals surface area (Å²) in [4.78, 5) is 27.4. The summed E-state index contributed by atoms with van der Waals surface area (Å²) in [5, 5.41) is 158. The van der Waals surface area contributed by atoms with Gasteiger partial charge in [-0.2, -0.15) is 0 Å². The lowest BCUT2D eigenvalue weighted by Crippen LogP contribution is -2.66. The van der Waals surface area contributed by atoms with Crippen molar-refractivity contribution >= 4 is 11.9 Å². The molecule has 8 rings (SSSR count). The lowest BCUT2D eigenvalue weighted by molar-refractivity contribution is -0.345. The van der Waals surface area contributed by atoms with Crippen LogP contribution in [-0.4, -0.2) is 244 Å². The summed E-state index contributed by atoms with van der Waals surface area (Å²) in [6, 6.07) is 0. The molecule has 0 aromatic rings. The van der Waals surface area contributed by atoms with Crippen molar-refractivity contribution in [2.24, 2.45) is 44.8 Å². The number of carboxylic acid groups (broad SMARTS) is 2. The van der Waals surface area contributed by atoms with Crippen molar-refractivity contribution in [1.82, 2.24) is 0 Å². The van der Waals surface area contributed by atoms with Gasteiger partial charge in [0.25, 0.3) is 0 Å². The molecule has 15 N–H and O–H groups in total. The van der Waals surface area contributed by atoms with E-state index >= 15 is 0 Å². The van der Waals surface area contributed by atoms with E-state index in [0.717, 1.165) is 0 Å². The zero-order valence-corrected chi connectivity index (χ0v) is 44.9. The predicted octanol–water partition coefficient (Wildman–Crippen LogP) is -2.63. The number of fused-ring (bicyclic) bond motifs is 5. The first kappa shape index (κ1) is 61.6. The molecule has 0 aromatic carbocycles. The average molecular weight is 1120 g/mol. The molecule has 26 atom stereocenters. The second-order valence-electron chi connectivity index (χ2n) is 25.0. The number of ether oxygens (including phenoxy) is 8. The lowest BCUT2D eigenvalue weighted by atomic mass is 9.35. The van der Waals surface area contributed by atoms with Crippen molar-refractivity contribution in [2.75, 3.05) is 33.0 Å². The summed E-state index contributed by atoms with van der Waals surface area (Å²) >= 11 is 0. The van der Waals surface area contributed by atoms with Crippen molar-refractivity contribution in [3.05, 3.63) is 23.3 Å². The minimum Gasteiger partial charge on any atom is -0.481 e. The van der Waals surface area contributed by atoms with E-state index in [4.69, 9.17) is 37.9 Å². The maximum atomic E-state index is 14.3. The molecule has 0 amide bonds. The third-order valence-electron chi connectivity index (χ3n) is 19.6. The second-order valence-corrected chi connectivity index (χ2v) is 25.0. The molecule has 8 aliphatic rings. The van der Waals surface area contributed by atoms with Crippen LogP contribution in [-0.2, 0) is 47.5 Å². The van der Waals surface area contributed by atoms with Crippen LogP contribution >= 0.6 is 0 Å². The van der Waals surface area contributed by atoms with Gasteiger partial charge in [-0.3, -0.25) is 4.79 Å². The van der Waals surface area contributed by atoms with Crippen molar-refractivity contribution in [2.45, 2.75) is 216 Å². The summed E-state index contributed by atoms with van der Waals surface area (Å²) < 4.78 is 46.2. The maximum Gasteiger partial charge on any atom is 0.331 e. The Hall–Kier alpha value is -2.42. The average Bonchev–Trinajstić information content (AvgIpc) is 2.46. The van der Waals surface area contributed by atoms with Gasteiger partial charge >= 0.3 is 11.9 Å². The van der Waals surface area contributed by atoms with E-state index in [1.54, 1.807) is 6.08 Å². The van der Waals surface area contributed by atoms with E-state index in [9.17, 15) is 86.2 Å². The number of carbonyl (C=O) groups is 2. The van der Waals surface area contributed by atoms with E-state index in [2.05, 4.69) is 6.92 Å². The van der Waals surface area contributed by atoms with Gasteiger partial charge in [-0.1, -0.05) is 53.7 Å². The van der Waals surface area contributed by atoms with Gasteiger partial charge in [-0.25, -0.2) is 4.79 Å². The highest BCUT2D eigenvalue weighted by Crippen LogP contribution is 2.74. The van der Waals surface area contributed by atoms with Crippen LogP contribution in [0.5, 0.6) is 0 Å². The zero-order valence-electron chi connectivity index (χ0n) is 44.9. The molecule has 446 valence electrons. The first-order valence-electron chi connectivity index (χ1n) is 27.2. The molecule has 4 heterocycles. The number of rotatable bonds is 17. The maximum absolute atomic E-state index is 14.3. The fourth-order valence-electron chi connectivity index (χ4n) is 15.0. The first-order chi connectivity index (χ1) is 36.5. The number of hydrogen-bond donors (Lipinski definition) is 15. The quantitative estimate of drug-likeness (QED) is 0.0523. The summed E-state index contributed by atoms with van der Waals surface area (Å²) in [6.07, 6.45) is -23.9. The van der Waals surface area contributed by atoms with Gasteiger partial charge in [-0.15, -0.1) is 0 Å². The Labute approximate surface area is 451 Å². The fraction of sp³-hybridized carbons (Fsp3) is 0.887. The van der Waals surface area contributed by atoms with Crippen LogP contribution in [0, 0.1) is 44.8 Å². The zero-order chi connectivity index (χ0) is 57.4. The molecule has 25 heteroatoms. The fourth-order valence-corrected chi connectivity index (χ4v) is 15.0. The summed E-state index contributed by atoms with van der Waals surface area (Å²) in [5.74, 6) is -3.32. The van der Waals surface area contributed by atoms with Crippen molar-refractivity contribution in [3.63, 3.8) is 0 Å². The molecule has 0 radical (unpaired) electrons. The van der Waals surface area contributed by atoms with Crippen molar-refractivity contribution < 1.29 is 124 Å². The monoisotopic (exact) mass is 1120 g/mol. The Bertz CT molecular complexity index is 2170. The van der Waals surface area contributed by atoms with E-state index in [0.29, 0.717) is 37.7 Å². The lowest BCUT2D eigenvalue weighted by Gasteiger charge is -2.69. The largest absolute Gasteiger partial charge is 0.481 e. The molecule has 4 aliphatic heterocycles. The van der Waals surface area contributed by atoms with Gasteiger partial charge in [0.15, 0.2) is 25.2 Å². The normalized spacial score (nSPS) is 48.6. The highest BCUT2D eigenvalue weighted by atomic mass is 16.7. The molecule has 0 bridgehead atoms. The Kier molecular flexibility index (Phi) is 18.4. The molecular weight excluding hydrogens is 1040 g/mol. The van der Waals surface area contributed by atoms with Gasteiger partial charge in [-0.05, 0) is 90.4 Å². The SMILES string of the molecule is CC(C)(CCO[C@@H]1O[C@H](CO[C@@H]2OC[C@@H](O)[C@H](O)[C@H]2O)[C@@H](O)[C@H](O)[C@H]1O)C[C@@H]1C(C(=O)O)=CC[C@]2(C(=O)O)C1=CCC1[C@@]3(C)CC[C@H](O[C@@H]4O[C@H](CO[C@@H]5O[C@H](CO)[C@@H](O)[C@H](O)[C@H]5O)[C@@H](O)[C@H](O)[C@H]4O)C(C)(C)C3CC[C@]12C. The smallest absolute Gasteiger partial charge is 0.331 e. The number of hydrogen-bond acceptors (Lipinski definition) is 23. The number of carboxylic acids is 2. The number of aliphatic hydroxyl groups excluding tert-OH is 13. The summed E-state index contributed by atoms with van der Waals surface area (Å²) in [7, 11) is 0. The van der Waals surface area contributed by atoms with E-state index < -0.39 is 188 Å². The Morgan fingerprint density at radius 2 is 1.18 bits per heavy atom. The number of aliphatic hydroxyl groups is 13. The molecule has 2 saturated carbocycles. The Morgan fingerprint density at radius 3 is 1.77 bits per heavy atom.